The maximum Gasteiger partial charge on any atom is 0.220 e. The second kappa shape index (κ2) is 13.1. The van der Waals surface area contributed by atoms with E-state index < -0.39 is 0 Å². The Hall–Kier alpha value is -1.27. The van der Waals surface area contributed by atoms with Crippen molar-refractivity contribution < 1.29 is 4.79 Å². The van der Waals surface area contributed by atoms with Gasteiger partial charge in [-0.15, -0.1) is 24.8 Å². The SMILES string of the molecule is Cl.Cl.NC(CNC(=O)CCSCc1ccccn1)c1ccccc1. The molecule has 1 heterocycles. The predicted molar refractivity (Wildman–Crippen MR) is 106 cm³/mol. The van der Waals surface area contributed by atoms with Gasteiger partial charge in [-0.1, -0.05) is 36.4 Å². The van der Waals surface area contributed by atoms with Gasteiger partial charge in [-0.05, 0) is 17.7 Å². The smallest absolute Gasteiger partial charge is 0.220 e. The van der Waals surface area contributed by atoms with Crippen LogP contribution in [0.5, 0.6) is 0 Å². The second-order valence-electron chi connectivity index (χ2n) is 4.94. The molecule has 24 heavy (non-hydrogen) atoms. The van der Waals surface area contributed by atoms with Crippen molar-refractivity contribution in [3.05, 3.63) is 66.0 Å². The summed E-state index contributed by atoms with van der Waals surface area (Å²) in [6.07, 6.45) is 2.28. The van der Waals surface area contributed by atoms with E-state index in [0.717, 1.165) is 22.8 Å². The first-order chi connectivity index (χ1) is 10.8. The van der Waals surface area contributed by atoms with Crippen molar-refractivity contribution in [2.24, 2.45) is 5.73 Å². The molecule has 2 rings (SSSR count). The number of carbonyl (C=O) groups excluding carboxylic acids is 1. The number of pyridine rings is 1. The monoisotopic (exact) mass is 387 g/mol. The highest BCUT2D eigenvalue weighted by atomic mass is 35.5. The Morgan fingerprint density at radius 3 is 2.50 bits per heavy atom. The highest BCUT2D eigenvalue weighted by molar-refractivity contribution is 7.98. The third kappa shape index (κ3) is 8.55. The number of thioether (sulfide) groups is 1. The quantitative estimate of drug-likeness (QED) is 0.681. The molecule has 0 aliphatic carbocycles. The Morgan fingerprint density at radius 1 is 1.12 bits per heavy atom. The molecule has 1 aromatic carbocycles. The van der Waals surface area contributed by atoms with E-state index in [1.54, 1.807) is 18.0 Å². The zero-order chi connectivity index (χ0) is 15.6. The summed E-state index contributed by atoms with van der Waals surface area (Å²) >= 11 is 1.71. The Morgan fingerprint density at radius 2 is 1.83 bits per heavy atom. The fraction of sp³-hybridized carbons (Fsp3) is 0.294. The van der Waals surface area contributed by atoms with E-state index in [4.69, 9.17) is 5.73 Å². The number of benzene rings is 1. The maximum atomic E-state index is 11.8. The molecule has 0 spiro atoms. The number of nitrogens with two attached hydrogens (primary N) is 1. The number of rotatable bonds is 8. The van der Waals surface area contributed by atoms with Crippen LogP contribution < -0.4 is 11.1 Å². The molecule has 132 valence electrons. The second-order valence-corrected chi connectivity index (χ2v) is 6.05. The normalized spacial score (nSPS) is 10.9. The van der Waals surface area contributed by atoms with E-state index in [0.29, 0.717) is 13.0 Å². The van der Waals surface area contributed by atoms with Gasteiger partial charge in [0.05, 0.1) is 5.69 Å². The van der Waals surface area contributed by atoms with Crippen LogP contribution in [0.25, 0.3) is 0 Å². The minimum atomic E-state index is -0.161. The van der Waals surface area contributed by atoms with Gasteiger partial charge in [0.1, 0.15) is 0 Å². The molecule has 1 unspecified atom stereocenters. The first-order valence-corrected chi connectivity index (χ1v) is 8.46. The van der Waals surface area contributed by atoms with Gasteiger partial charge in [-0.25, -0.2) is 0 Å². The summed E-state index contributed by atoms with van der Waals surface area (Å²) in [6.45, 7) is 0.466. The zero-order valence-corrected chi connectivity index (χ0v) is 15.7. The first kappa shape index (κ1) is 22.7. The molecule has 1 atom stereocenters. The van der Waals surface area contributed by atoms with Crippen LogP contribution in [0.2, 0.25) is 0 Å². The predicted octanol–water partition coefficient (Wildman–Crippen LogP) is 3.36. The van der Waals surface area contributed by atoms with E-state index >= 15 is 0 Å². The van der Waals surface area contributed by atoms with Crippen LogP contribution in [-0.4, -0.2) is 23.2 Å². The molecule has 4 nitrogen and oxygen atoms in total. The lowest BCUT2D eigenvalue weighted by Crippen LogP contribution is -2.32. The first-order valence-electron chi connectivity index (χ1n) is 7.30. The van der Waals surface area contributed by atoms with Crippen LogP contribution in [0.15, 0.2) is 54.7 Å². The Bertz CT molecular complexity index is 573. The van der Waals surface area contributed by atoms with Crippen LogP contribution >= 0.6 is 36.6 Å². The summed E-state index contributed by atoms with van der Waals surface area (Å²) in [5.74, 6) is 1.65. The number of hydrogen-bond acceptors (Lipinski definition) is 4. The van der Waals surface area contributed by atoms with Crippen LogP contribution in [0, 0.1) is 0 Å². The van der Waals surface area contributed by atoms with Gasteiger partial charge in [-0.3, -0.25) is 9.78 Å². The van der Waals surface area contributed by atoms with Crippen LogP contribution in [0.3, 0.4) is 0 Å². The molecule has 3 N–H and O–H groups in total. The molecule has 1 aromatic heterocycles. The average Bonchev–Trinajstić information content (AvgIpc) is 2.58. The lowest BCUT2D eigenvalue weighted by atomic mass is 10.1. The molecule has 2 aromatic rings. The van der Waals surface area contributed by atoms with Crippen molar-refractivity contribution >= 4 is 42.5 Å². The van der Waals surface area contributed by atoms with Crippen molar-refractivity contribution in [1.82, 2.24) is 10.3 Å². The minimum Gasteiger partial charge on any atom is -0.354 e. The Labute approximate surface area is 159 Å². The standard InChI is InChI=1S/C17H21N3OS.2ClH/c18-16(14-6-2-1-3-7-14)12-20-17(21)9-11-22-13-15-8-4-5-10-19-15;;/h1-8,10,16H,9,11-13,18H2,(H,20,21);2*1H. The highest BCUT2D eigenvalue weighted by Gasteiger charge is 2.07. The number of halogens is 2. The topological polar surface area (TPSA) is 68.0 Å². The summed E-state index contributed by atoms with van der Waals surface area (Å²) in [4.78, 5) is 16.0. The summed E-state index contributed by atoms with van der Waals surface area (Å²) < 4.78 is 0. The van der Waals surface area contributed by atoms with Gasteiger partial charge in [0.2, 0.25) is 5.91 Å². The number of amides is 1. The number of carbonyl (C=O) groups is 1. The van der Waals surface area contributed by atoms with Gasteiger partial charge in [0.15, 0.2) is 0 Å². The fourth-order valence-electron chi connectivity index (χ4n) is 1.96. The number of nitrogens with zero attached hydrogens (tertiary/aromatic N) is 1. The molecule has 0 saturated heterocycles. The van der Waals surface area contributed by atoms with Gasteiger partial charge in [0, 0.05) is 36.7 Å². The number of nitrogens with one attached hydrogen (secondary N) is 1. The molecular formula is C17H23Cl2N3OS. The van der Waals surface area contributed by atoms with E-state index in [1.807, 2.05) is 48.5 Å². The van der Waals surface area contributed by atoms with Crippen molar-refractivity contribution in [3.8, 4) is 0 Å². The molecule has 1 amide bonds. The molecule has 0 saturated carbocycles. The minimum absolute atomic E-state index is 0. The Balaban J connectivity index is 0.00000264. The fourth-order valence-corrected chi connectivity index (χ4v) is 2.81. The van der Waals surface area contributed by atoms with Gasteiger partial charge in [-0.2, -0.15) is 11.8 Å². The molecule has 7 heteroatoms. The average molecular weight is 388 g/mol. The lowest BCUT2D eigenvalue weighted by Gasteiger charge is -2.13. The van der Waals surface area contributed by atoms with Gasteiger partial charge in [0.25, 0.3) is 0 Å². The molecule has 0 bridgehead atoms. The van der Waals surface area contributed by atoms with Crippen LogP contribution in [0.4, 0.5) is 0 Å². The molecule has 0 aliphatic rings. The van der Waals surface area contributed by atoms with Crippen molar-refractivity contribution in [2.75, 3.05) is 12.3 Å². The molecular weight excluding hydrogens is 365 g/mol. The summed E-state index contributed by atoms with van der Waals surface area (Å²) in [5.41, 5.74) is 8.12. The zero-order valence-electron chi connectivity index (χ0n) is 13.3. The highest BCUT2D eigenvalue weighted by Crippen LogP contribution is 2.11. The molecule has 0 aliphatic heterocycles. The molecule has 0 radical (unpaired) electrons. The van der Waals surface area contributed by atoms with E-state index in [9.17, 15) is 4.79 Å². The molecule has 0 fully saturated rings. The largest absolute Gasteiger partial charge is 0.354 e. The van der Waals surface area contributed by atoms with Gasteiger partial charge >= 0.3 is 0 Å². The maximum absolute atomic E-state index is 11.8. The number of aromatic nitrogens is 1. The van der Waals surface area contributed by atoms with Crippen LogP contribution in [-0.2, 0) is 10.5 Å². The summed E-state index contributed by atoms with van der Waals surface area (Å²) in [7, 11) is 0. The van der Waals surface area contributed by atoms with Gasteiger partial charge < -0.3 is 11.1 Å². The number of hydrogen-bond donors (Lipinski definition) is 2. The van der Waals surface area contributed by atoms with E-state index in [-0.39, 0.29) is 36.8 Å². The lowest BCUT2D eigenvalue weighted by molar-refractivity contribution is -0.120. The van der Waals surface area contributed by atoms with Crippen LogP contribution in [0.1, 0.15) is 23.7 Å². The third-order valence-electron chi connectivity index (χ3n) is 3.20. The van der Waals surface area contributed by atoms with Crippen molar-refractivity contribution in [1.29, 1.82) is 0 Å². The summed E-state index contributed by atoms with van der Waals surface area (Å²) in [6, 6.07) is 15.5. The summed E-state index contributed by atoms with van der Waals surface area (Å²) in [5, 5.41) is 2.89. The van der Waals surface area contributed by atoms with E-state index in [1.165, 1.54) is 0 Å². The third-order valence-corrected chi connectivity index (χ3v) is 4.19. The Kier molecular flexibility index (Phi) is 12.4. The van der Waals surface area contributed by atoms with Crippen molar-refractivity contribution in [2.45, 2.75) is 18.2 Å². The van der Waals surface area contributed by atoms with E-state index in [2.05, 4.69) is 10.3 Å². The van der Waals surface area contributed by atoms with Crippen molar-refractivity contribution in [3.63, 3.8) is 0 Å².